The Morgan fingerprint density at radius 3 is 2.69 bits per heavy atom. The number of benzene rings is 1. The molecule has 0 atom stereocenters. The zero-order chi connectivity index (χ0) is 11.8. The molecule has 86 valence electrons. The van der Waals surface area contributed by atoms with Crippen molar-refractivity contribution in [3.8, 4) is 0 Å². The van der Waals surface area contributed by atoms with E-state index in [1.165, 1.54) is 4.90 Å². The van der Waals surface area contributed by atoms with Gasteiger partial charge >= 0.3 is 0 Å². The molecule has 0 N–H and O–H groups in total. The highest BCUT2D eigenvalue weighted by atomic mass is 32.2. The maximum absolute atomic E-state index is 11.9. The Labute approximate surface area is 94.8 Å². The van der Waals surface area contributed by atoms with Gasteiger partial charge in [-0.15, -0.1) is 0 Å². The molecule has 0 spiro atoms. The molecule has 0 aliphatic carbocycles. The summed E-state index contributed by atoms with van der Waals surface area (Å²) in [6, 6.07) is 6.67. The van der Waals surface area contributed by atoms with Crippen LogP contribution in [0.4, 0.5) is 5.69 Å². The van der Waals surface area contributed by atoms with Gasteiger partial charge in [0.1, 0.15) is 0 Å². The maximum Gasteiger partial charge on any atom is 0.228 e. The van der Waals surface area contributed by atoms with E-state index in [9.17, 15) is 13.2 Å². The molecule has 0 bridgehead atoms. The Morgan fingerprint density at radius 2 is 2.00 bits per heavy atom. The Hall–Kier alpha value is -1.36. The van der Waals surface area contributed by atoms with Crippen molar-refractivity contribution in [2.75, 3.05) is 17.2 Å². The van der Waals surface area contributed by atoms with Crippen molar-refractivity contribution >= 4 is 21.4 Å². The second kappa shape index (κ2) is 3.90. The lowest BCUT2D eigenvalue weighted by Crippen LogP contribution is -2.29. The third kappa shape index (κ3) is 1.71. The van der Waals surface area contributed by atoms with Crippen molar-refractivity contribution in [2.24, 2.45) is 0 Å². The number of rotatable bonds is 1. The van der Waals surface area contributed by atoms with Gasteiger partial charge in [-0.3, -0.25) is 4.79 Å². The molecule has 4 nitrogen and oxygen atoms in total. The smallest absolute Gasteiger partial charge is 0.228 e. The van der Waals surface area contributed by atoms with Crippen LogP contribution in [0.5, 0.6) is 0 Å². The van der Waals surface area contributed by atoms with Gasteiger partial charge < -0.3 is 4.90 Å². The summed E-state index contributed by atoms with van der Waals surface area (Å²) in [6.45, 7) is 2.33. The predicted octanol–water partition coefficient (Wildman–Crippen LogP) is 1.22. The van der Waals surface area contributed by atoms with Crippen molar-refractivity contribution in [1.82, 2.24) is 0 Å². The minimum atomic E-state index is -3.32. The highest BCUT2D eigenvalue weighted by Gasteiger charge is 2.29. The molecule has 0 aromatic heterocycles. The van der Waals surface area contributed by atoms with E-state index < -0.39 is 9.84 Å². The van der Waals surface area contributed by atoms with Gasteiger partial charge in [0.2, 0.25) is 5.91 Å². The molecule has 16 heavy (non-hydrogen) atoms. The van der Waals surface area contributed by atoms with Gasteiger partial charge in [-0.2, -0.15) is 0 Å². The summed E-state index contributed by atoms with van der Waals surface area (Å²) in [6.07, 6.45) is 0.0604. The first kappa shape index (κ1) is 11.1. The number of nitrogens with zero attached hydrogens (tertiary/aromatic N) is 1. The summed E-state index contributed by atoms with van der Waals surface area (Å²) < 4.78 is 23.8. The number of amides is 1. The van der Waals surface area contributed by atoms with E-state index in [1.54, 1.807) is 24.3 Å². The minimum absolute atomic E-state index is 0.0604. The lowest BCUT2D eigenvalue weighted by atomic mass is 10.2. The summed E-state index contributed by atoms with van der Waals surface area (Å²) >= 11 is 0. The first-order valence-corrected chi connectivity index (χ1v) is 6.83. The molecule has 5 heteroatoms. The molecule has 1 amide bonds. The number of carbonyl (C=O) groups is 1. The summed E-state index contributed by atoms with van der Waals surface area (Å²) in [5, 5.41) is 0. The Kier molecular flexibility index (Phi) is 2.71. The molecular formula is C11H13NO3S. The van der Waals surface area contributed by atoms with Gasteiger partial charge in [-0.05, 0) is 19.1 Å². The third-order valence-corrected chi connectivity index (χ3v) is 4.45. The molecule has 0 fully saturated rings. The maximum atomic E-state index is 11.9. The Bertz CT molecular complexity index is 522. The number of para-hydroxylation sites is 1. The molecule has 2 rings (SSSR count). The molecule has 1 aromatic carbocycles. The van der Waals surface area contributed by atoms with Crippen molar-refractivity contribution in [1.29, 1.82) is 0 Å². The van der Waals surface area contributed by atoms with Crippen molar-refractivity contribution in [3.63, 3.8) is 0 Å². The number of sulfone groups is 1. The molecular weight excluding hydrogens is 226 g/mol. The standard InChI is InChI=1S/C11H13NO3S/c1-2-12-9-5-3-4-6-10(9)16(14,15)8-7-11(12)13/h3-6H,2,7-8H2,1H3. The Morgan fingerprint density at radius 1 is 1.31 bits per heavy atom. The zero-order valence-electron chi connectivity index (χ0n) is 9.01. The van der Waals surface area contributed by atoms with Crippen LogP contribution in [-0.4, -0.2) is 26.6 Å². The number of carbonyl (C=O) groups excluding carboxylic acids is 1. The van der Waals surface area contributed by atoms with Crippen LogP contribution in [-0.2, 0) is 14.6 Å². The van der Waals surface area contributed by atoms with Crippen molar-refractivity contribution < 1.29 is 13.2 Å². The monoisotopic (exact) mass is 239 g/mol. The van der Waals surface area contributed by atoms with Gasteiger partial charge in [0.15, 0.2) is 9.84 Å². The molecule has 0 unspecified atom stereocenters. The number of hydrogen-bond acceptors (Lipinski definition) is 3. The topological polar surface area (TPSA) is 54.5 Å². The average molecular weight is 239 g/mol. The third-order valence-electron chi connectivity index (χ3n) is 2.69. The van der Waals surface area contributed by atoms with Gasteiger partial charge in [0, 0.05) is 13.0 Å². The first-order chi connectivity index (χ1) is 7.56. The number of anilines is 1. The van der Waals surface area contributed by atoms with E-state index in [0.717, 1.165) is 0 Å². The fourth-order valence-corrected chi connectivity index (χ4v) is 3.34. The molecule has 1 heterocycles. The van der Waals surface area contributed by atoms with Crippen LogP contribution < -0.4 is 4.90 Å². The molecule has 0 radical (unpaired) electrons. The highest BCUT2D eigenvalue weighted by molar-refractivity contribution is 7.91. The summed E-state index contributed by atoms with van der Waals surface area (Å²) in [5.41, 5.74) is 0.507. The average Bonchev–Trinajstić information content (AvgIpc) is 2.36. The first-order valence-electron chi connectivity index (χ1n) is 5.18. The fraction of sp³-hybridized carbons (Fsp3) is 0.364. The highest BCUT2D eigenvalue weighted by Crippen LogP contribution is 2.29. The summed E-state index contributed by atoms with van der Waals surface area (Å²) in [4.78, 5) is 13.6. The zero-order valence-corrected chi connectivity index (χ0v) is 9.83. The van der Waals surface area contributed by atoms with Crippen LogP contribution in [0, 0.1) is 0 Å². The lowest BCUT2D eigenvalue weighted by molar-refractivity contribution is -0.118. The van der Waals surface area contributed by atoms with Crippen LogP contribution in [0.1, 0.15) is 13.3 Å². The van der Waals surface area contributed by atoms with Crippen LogP contribution in [0.15, 0.2) is 29.2 Å². The molecule has 0 saturated heterocycles. The minimum Gasteiger partial charge on any atom is -0.311 e. The van der Waals surface area contributed by atoms with Gasteiger partial charge in [0.25, 0.3) is 0 Å². The Balaban J connectivity index is 2.68. The largest absolute Gasteiger partial charge is 0.311 e. The van der Waals surface area contributed by atoms with Crippen LogP contribution in [0.2, 0.25) is 0 Å². The normalized spacial score (nSPS) is 19.1. The second-order valence-corrected chi connectivity index (χ2v) is 5.75. The van der Waals surface area contributed by atoms with E-state index in [4.69, 9.17) is 0 Å². The fourth-order valence-electron chi connectivity index (χ4n) is 1.89. The summed E-state index contributed by atoms with van der Waals surface area (Å²) in [7, 11) is -3.32. The van der Waals surface area contributed by atoms with Crippen molar-refractivity contribution in [2.45, 2.75) is 18.2 Å². The van der Waals surface area contributed by atoms with Gasteiger partial charge in [-0.25, -0.2) is 8.42 Å². The quantitative estimate of drug-likeness (QED) is 0.740. The SMILES string of the molecule is CCN1C(=O)CCS(=O)(=O)c2ccccc21. The van der Waals surface area contributed by atoms with E-state index in [0.29, 0.717) is 12.2 Å². The van der Waals surface area contributed by atoms with E-state index in [-0.39, 0.29) is 23.0 Å². The number of hydrogen-bond donors (Lipinski definition) is 0. The molecule has 0 saturated carbocycles. The summed E-state index contributed by atoms with van der Waals surface area (Å²) in [5.74, 6) is -0.227. The molecule has 1 aromatic rings. The predicted molar refractivity (Wildman–Crippen MR) is 61.1 cm³/mol. The van der Waals surface area contributed by atoms with Crippen LogP contribution >= 0.6 is 0 Å². The molecule has 1 aliphatic heterocycles. The van der Waals surface area contributed by atoms with E-state index in [1.807, 2.05) is 6.92 Å². The second-order valence-electron chi connectivity index (χ2n) is 3.67. The lowest BCUT2D eigenvalue weighted by Gasteiger charge is -2.20. The van der Waals surface area contributed by atoms with Crippen molar-refractivity contribution in [3.05, 3.63) is 24.3 Å². The van der Waals surface area contributed by atoms with E-state index in [2.05, 4.69) is 0 Å². The van der Waals surface area contributed by atoms with Crippen LogP contribution in [0.25, 0.3) is 0 Å². The van der Waals surface area contributed by atoms with Crippen LogP contribution in [0.3, 0.4) is 0 Å². The van der Waals surface area contributed by atoms with Gasteiger partial charge in [0.05, 0.1) is 16.3 Å². The number of fused-ring (bicyclic) bond motifs is 1. The van der Waals surface area contributed by atoms with Gasteiger partial charge in [-0.1, -0.05) is 12.1 Å². The van der Waals surface area contributed by atoms with E-state index >= 15 is 0 Å². The molecule has 1 aliphatic rings.